The van der Waals surface area contributed by atoms with Crippen molar-refractivity contribution in [3.05, 3.63) is 29.8 Å². The van der Waals surface area contributed by atoms with Gasteiger partial charge in [-0.3, -0.25) is 4.90 Å². The molecule has 3 nitrogen and oxygen atoms in total. The van der Waals surface area contributed by atoms with Crippen molar-refractivity contribution in [3.63, 3.8) is 0 Å². The van der Waals surface area contributed by atoms with Crippen LogP contribution in [0, 0.1) is 5.92 Å². The first-order valence-corrected chi connectivity index (χ1v) is 7.79. The molecule has 1 aliphatic rings. The zero-order chi connectivity index (χ0) is 14.5. The predicted octanol–water partition coefficient (Wildman–Crippen LogP) is 3.21. The number of hydrogen-bond donors (Lipinski definition) is 1. The number of nitrogens with zero attached hydrogens (tertiary/aromatic N) is 1. The van der Waals surface area contributed by atoms with Gasteiger partial charge in [0.15, 0.2) is 0 Å². The second-order valence-electron chi connectivity index (χ2n) is 5.98. The maximum atomic E-state index is 6.47. The zero-order valence-electron chi connectivity index (χ0n) is 13.0. The molecule has 1 saturated carbocycles. The van der Waals surface area contributed by atoms with Crippen molar-refractivity contribution in [1.82, 2.24) is 4.90 Å². The van der Waals surface area contributed by atoms with Crippen LogP contribution >= 0.6 is 0 Å². The van der Waals surface area contributed by atoms with E-state index < -0.39 is 0 Å². The van der Waals surface area contributed by atoms with Gasteiger partial charge < -0.3 is 10.5 Å². The summed E-state index contributed by atoms with van der Waals surface area (Å²) in [6, 6.07) is 8.60. The molecule has 1 aromatic rings. The zero-order valence-corrected chi connectivity index (χ0v) is 13.0. The van der Waals surface area contributed by atoms with E-state index in [0.717, 1.165) is 18.2 Å². The van der Waals surface area contributed by atoms with Crippen LogP contribution < -0.4 is 10.5 Å². The second-order valence-corrected chi connectivity index (χ2v) is 5.98. The average Bonchev–Trinajstić information content (AvgIpc) is 3.29. The van der Waals surface area contributed by atoms with Crippen LogP contribution in [0.4, 0.5) is 0 Å². The molecule has 0 aromatic heterocycles. The van der Waals surface area contributed by atoms with Crippen molar-refractivity contribution >= 4 is 0 Å². The van der Waals surface area contributed by atoms with Gasteiger partial charge in [0.05, 0.1) is 7.11 Å². The van der Waals surface area contributed by atoms with Crippen molar-refractivity contribution in [3.8, 4) is 5.75 Å². The molecule has 0 aliphatic heterocycles. The lowest BCUT2D eigenvalue weighted by Crippen LogP contribution is -2.42. The standard InChI is InChI=1S/C17H28N2O/c1-4-11-19(12-14-5-6-14)13(2)17(18)15-7-9-16(20-3)10-8-15/h7-10,13-14,17H,4-6,11-12,18H2,1-3H3. The van der Waals surface area contributed by atoms with E-state index in [0.29, 0.717) is 6.04 Å². The Morgan fingerprint density at radius 2 is 1.95 bits per heavy atom. The molecule has 1 aromatic carbocycles. The third-order valence-corrected chi connectivity index (χ3v) is 4.30. The summed E-state index contributed by atoms with van der Waals surface area (Å²) < 4.78 is 5.21. The Kier molecular flexibility index (Phi) is 5.44. The van der Waals surface area contributed by atoms with E-state index in [1.165, 1.54) is 31.4 Å². The highest BCUT2D eigenvalue weighted by Gasteiger charge is 2.28. The minimum atomic E-state index is 0.0613. The summed E-state index contributed by atoms with van der Waals surface area (Å²) in [6.07, 6.45) is 3.97. The minimum absolute atomic E-state index is 0.0613. The molecular weight excluding hydrogens is 248 g/mol. The highest BCUT2D eigenvalue weighted by Crippen LogP contribution is 2.31. The number of hydrogen-bond acceptors (Lipinski definition) is 3. The predicted molar refractivity (Wildman–Crippen MR) is 84.0 cm³/mol. The van der Waals surface area contributed by atoms with Gasteiger partial charge in [0.1, 0.15) is 5.75 Å². The summed E-state index contributed by atoms with van der Waals surface area (Å²) in [6.45, 7) is 6.85. The van der Waals surface area contributed by atoms with Crippen LogP contribution in [-0.2, 0) is 0 Å². The summed E-state index contributed by atoms with van der Waals surface area (Å²) in [5.74, 6) is 1.80. The fourth-order valence-corrected chi connectivity index (χ4v) is 2.71. The first kappa shape index (κ1) is 15.3. The van der Waals surface area contributed by atoms with Crippen LogP contribution in [0.1, 0.15) is 44.7 Å². The van der Waals surface area contributed by atoms with Gasteiger partial charge in [0.2, 0.25) is 0 Å². The monoisotopic (exact) mass is 276 g/mol. The van der Waals surface area contributed by atoms with Gasteiger partial charge in [0, 0.05) is 18.6 Å². The smallest absolute Gasteiger partial charge is 0.118 e. The van der Waals surface area contributed by atoms with Gasteiger partial charge in [-0.1, -0.05) is 19.1 Å². The Hall–Kier alpha value is -1.06. The normalized spacial score (nSPS) is 18.1. The molecule has 1 fully saturated rings. The first-order valence-electron chi connectivity index (χ1n) is 7.79. The fraction of sp³-hybridized carbons (Fsp3) is 0.647. The third kappa shape index (κ3) is 3.97. The van der Waals surface area contributed by atoms with E-state index in [2.05, 4.69) is 30.9 Å². The average molecular weight is 276 g/mol. The molecule has 0 spiro atoms. The van der Waals surface area contributed by atoms with E-state index in [4.69, 9.17) is 10.5 Å². The largest absolute Gasteiger partial charge is 0.497 e. The summed E-state index contributed by atoms with van der Waals surface area (Å²) >= 11 is 0. The quantitative estimate of drug-likeness (QED) is 0.792. The summed E-state index contributed by atoms with van der Waals surface area (Å²) in [5.41, 5.74) is 7.66. The SMILES string of the molecule is CCCN(CC1CC1)C(C)C(N)c1ccc(OC)cc1. The summed E-state index contributed by atoms with van der Waals surface area (Å²) in [4.78, 5) is 2.56. The van der Waals surface area contributed by atoms with Gasteiger partial charge >= 0.3 is 0 Å². The van der Waals surface area contributed by atoms with E-state index in [-0.39, 0.29) is 6.04 Å². The van der Waals surface area contributed by atoms with Gasteiger partial charge in [-0.05, 0) is 56.3 Å². The Labute approximate surface area is 123 Å². The van der Waals surface area contributed by atoms with E-state index in [1.54, 1.807) is 7.11 Å². The Morgan fingerprint density at radius 1 is 1.30 bits per heavy atom. The topological polar surface area (TPSA) is 38.5 Å². The highest BCUT2D eigenvalue weighted by molar-refractivity contribution is 5.29. The maximum absolute atomic E-state index is 6.47. The van der Waals surface area contributed by atoms with E-state index in [1.807, 2.05) is 12.1 Å². The molecule has 3 heteroatoms. The van der Waals surface area contributed by atoms with Crippen LogP contribution in [0.5, 0.6) is 5.75 Å². The van der Waals surface area contributed by atoms with Crippen LogP contribution in [0.3, 0.4) is 0 Å². The molecule has 2 rings (SSSR count). The molecule has 20 heavy (non-hydrogen) atoms. The number of ether oxygens (including phenoxy) is 1. The number of nitrogens with two attached hydrogens (primary N) is 1. The Balaban J connectivity index is 2.01. The summed E-state index contributed by atoms with van der Waals surface area (Å²) in [7, 11) is 1.69. The second kappa shape index (κ2) is 7.09. The third-order valence-electron chi connectivity index (χ3n) is 4.30. The van der Waals surface area contributed by atoms with Gasteiger partial charge in [-0.25, -0.2) is 0 Å². The fourth-order valence-electron chi connectivity index (χ4n) is 2.71. The Morgan fingerprint density at radius 3 is 2.45 bits per heavy atom. The number of methoxy groups -OCH3 is 1. The molecule has 2 N–H and O–H groups in total. The van der Waals surface area contributed by atoms with Crippen molar-refractivity contribution < 1.29 is 4.74 Å². The van der Waals surface area contributed by atoms with Gasteiger partial charge in [-0.15, -0.1) is 0 Å². The molecule has 1 aliphatic carbocycles. The van der Waals surface area contributed by atoms with Crippen LogP contribution in [0.2, 0.25) is 0 Å². The molecule has 2 atom stereocenters. The molecular formula is C17H28N2O. The molecule has 0 bridgehead atoms. The summed E-state index contributed by atoms with van der Waals surface area (Å²) in [5, 5.41) is 0. The van der Waals surface area contributed by atoms with Crippen LogP contribution in [0.15, 0.2) is 24.3 Å². The number of rotatable bonds is 8. The minimum Gasteiger partial charge on any atom is -0.497 e. The van der Waals surface area contributed by atoms with Crippen LogP contribution in [-0.4, -0.2) is 31.1 Å². The molecule has 0 heterocycles. The lowest BCUT2D eigenvalue weighted by atomic mass is 9.99. The Bertz CT molecular complexity index is 400. The molecule has 0 saturated heterocycles. The highest BCUT2D eigenvalue weighted by atomic mass is 16.5. The van der Waals surface area contributed by atoms with Crippen molar-refractivity contribution in [1.29, 1.82) is 0 Å². The molecule has 2 unspecified atom stereocenters. The maximum Gasteiger partial charge on any atom is 0.118 e. The van der Waals surface area contributed by atoms with Crippen molar-refractivity contribution in [2.75, 3.05) is 20.2 Å². The van der Waals surface area contributed by atoms with Crippen molar-refractivity contribution in [2.24, 2.45) is 11.7 Å². The lowest BCUT2D eigenvalue weighted by molar-refractivity contribution is 0.176. The van der Waals surface area contributed by atoms with Gasteiger partial charge in [-0.2, -0.15) is 0 Å². The number of benzene rings is 1. The molecule has 0 amide bonds. The van der Waals surface area contributed by atoms with E-state index in [9.17, 15) is 0 Å². The first-order chi connectivity index (χ1) is 9.65. The molecule has 112 valence electrons. The van der Waals surface area contributed by atoms with Crippen LogP contribution in [0.25, 0.3) is 0 Å². The van der Waals surface area contributed by atoms with Crippen molar-refractivity contribution in [2.45, 2.75) is 45.2 Å². The molecule has 0 radical (unpaired) electrons. The van der Waals surface area contributed by atoms with Gasteiger partial charge in [0.25, 0.3) is 0 Å². The lowest BCUT2D eigenvalue weighted by Gasteiger charge is -2.33. The van der Waals surface area contributed by atoms with E-state index >= 15 is 0 Å².